The molecule has 8 nitrogen and oxygen atoms in total. The maximum absolute atomic E-state index is 12.4. The average molecular weight is 404 g/mol. The van der Waals surface area contributed by atoms with Crippen molar-refractivity contribution in [3.8, 4) is 5.75 Å². The third-order valence-corrected chi connectivity index (χ3v) is 4.31. The van der Waals surface area contributed by atoms with Gasteiger partial charge in [-0.05, 0) is 36.1 Å². The van der Waals surface area contributed by atoms with Crippen molar-refractivity contribution in [3.05, 3.63) is 70.3 Å². The van der Waals surface area contributed by atoms with E-state index in [2.05, 4.69) is 5.32 Å². The average Bonchev–Trinajstić information content (AvgIpc) is 2.70. The van der Waals surface area contributed by atoms with Crippen molar-refractivity contribution in [2.45, 2.75) is 19.1 Å². The molecule has 28 heavy (non-hydrogen) atoms. The van der Waals surface area contributed by atoms with E-state index in [1.165, 1.54) is 36.0 Å². The molecule has 0 saturated heterocycles. The molecule has 1 atom stereocenters. The molecule has 0 aliphatic rings. The predicted octanol–water partition coefficient (Wildman–Crippen LogP) is 3.55. The van der Waals surface area contributed by atoms with E-state index < -0.39 is 23.0 Å². The topological polar surface area (TPSA) is 108 Å². The maximum atomic E-state index is 12.4. The molecular formula is C19H20N2O6S. The highest BCUT2D eigenvalue weighted by Gasteiger charge is 2.23. The number of benzene rings is 2. The lowest BCUT2D eigenvalue weighted by atomic mass is 10.2. The zero-order valence-electron chi connectivity index (χ0n) is 15.2. The van der Waals surface area contributed by atoms with Crippen LogP contribution >= 0.6 is 11.8 Å². The van der Waals surface area contributed by atoms with Crippen molar-refractivity contribution in [2.75, 3.05) is 12.0 Å². The van der Waals surface area contributed by atoms with Gasteiger partial charge in [0.2, 0.25) is 0 Å². The molecule has 0 aliphatic heterocycles. The Hall–Kier alpha value is -3.07. The van der Waals surface area contributed by atoms with Gasteiger partial charge in [-0.2, -0.15) is 11.8 Å². The number of carbonyl (C=O) groups is 2. The second-order valence-electron chi connectivity index (χ2n) is 5.71. The summed E-state index contributed by atoms with van der Waals surface area (Å²) in [5, 5.41) is 13.2. The summed E-state index contributed by atoms with van der Waals surface area (Å²) in [7, 11) is 0. The molecular weight excluding hydrogens is 384 g/mol. The summed E-state index contributed by atoms with van der Waals surface area (Å²) in [6, 6.07) is 13.4. The summed E-state index contributed by atoms with van der Waals surface area (Å²) in [6.45, 7) is 0.0827. The van der Waals surface area contributed by atoms with E-state index in [1.54, 1.807) is 0 Å². The van der Waals surface area contributed by atoms with E-state index in [0.29, 0.717) is 12.2 Å². The van der Waals surface area contributed by atoms with Crippen LogP contribution in [0, 0.1) is 10.1 Å². The van der Waals surface area contributed by atoms with Gasteiger partial charge in [0.05, 0.1) is 4.92 Å². The number of ether oxygens (including phenoxy) is 2. The minimum absolute atomic E-state index is 0.0827. The SMILES string of the molecule is CSCC[C@H](NC(=O)OCc1ccccc1)C(=O)Oc1ccc([N+](=O)[O-])cc1. The molecule has 0 spiro atoms. The van der Waals surface area contributed by atoms with Gasteiger partial charge in [0, 0.05) is 12.1 Å². The predicted molar refractivity (Wildman–Crippen MR) is 105 cm³/mol. The molecule has 0 aromatic heterocycles. The van der Waals surface area contributed by atoms with Crippen LogP contribution in [0.15, 0.2) is 54.6 Å². The Bertz CT molecular complexity index is 798. The lowest BCUT2D eigenvalue weighted by Gasteiger charge is -2.17. The number of nitrogens with zero attached hydrogens (tertiary/aromatic N) is 1. The van der Waals surface area contributed by atoms with Gasteiger partial charge in [0.25, 0.3) is 5.69 Å². The van der Waals surface area contributed by atoms with Gasteiger partial charge < -0.3 is 14.8 Å². The summed E-state index contributed by atoms with van der Waals surface area (Å²) in [5.74, 6) is 0.114. The third-order valence-electron chi connectivity index (χ3n) is 3.67. The number of thioether (sulfide) groups is 1. The molecule has 0 unspecified atom stereocenters. The van der Waals surface area contributed by atoms with E-state index >= 15 is 0 Å². The molecule has 0 heterocycles. The molecule has 2 rings (SSSR count). The number of amides is 1. The van der Waals surface area contributed by atoms with Gasteiger partial charge in [-0.25, -0.2) is 9.59 Å². The number of non-ortho nitro benzene ring substituents is 1. The van der Waals surface area contributed by atoms with Gasteiger partial charge in [-0.3, -0.25) is 10.1 Å². The Balaban J connectivity index is 1.93. The number of alkyl carbamates (subject to hydrolysis) is 1. The number of carbonyl (C=O) groups excluding carboxylic acids is 2. The number of hydrogen-bond donors (Lipinski definition) is 1. The van der Waals surface area contributed by atoms with Crippen LogP contribution in [-0.4, -0.2) is 35.0 Å². The lowest BCUT2D eigenvalue weighted by Crippen LogP contribution is -2.43. The molecule has 1 N–H and O–H groups in total. The second kappa shape index (κ2) is 10.9. The zero-order valence-corrected chi connectivity index (χ0v) is 16.0. The molecule has 0 aliphatic carbocycles. The van der Waals surface area contributed by atoms with E-state index in [-0.39, 0.29) is 18.0 Å². The molecule has 9 heteroatoms. The fourth-order valence-corrected chi connectivity index (χ4v) is 2.69. The highest BCUT2D eigenvalue weighted by atomic mass is 32.2. The summed E-state index contributed by atoms with van der Waals surface area (Å²) < 4.78 is 10.4. The first kappa shape index (κ1) is 21.2. The van der Waals surface area contributed by atoms with Gasteiger partial charge in [-0.15, -0.1) is 0 Å². The Morgan fingerprint density at radius 1 is 1.14 bits per heavy atom. The molecule has 1 amide bonds. The molecule has 148 valence electrons. The van der Waals surface area contributed by atoms with Crippen LogP contribution in [-0.2, 0) is 16.1 Å². The summed E-state index contributed by atoms with van der Waals surface area (Å²) in [4.78, 5) is 34.6. The fraction of sp³-hybridized carbons (Fsp3) is 0.263. The second-order valence-corrected chi connectivity index (χ2v) is 6.70. The van der Waals surface area contributed by atoms with Crippen molar-refractivity contribution >= 4 is 29.5 Å². The first-order chi connectivity index (χ1) is 13.5. The Labute approximate surface area is 166 Å². The van der Waals surface area contributed by atoms with Gasteiger partial charge in [-0.1, -0.05) is 30.3 Å². The van der Waals surface area contributed by atoms with Crippen LogP contribution in [0.3, 0.4) is 0 Å². The molecule has 0 fully saturated rings. The maximum Gasteiger partial charge on any atom is 0.408 e. The first-order valence-electron chi connectivity index (χ1n) is 8.42. The fourth-order valence-electron chi connectivity index (χ4n) is 2.21. The molecule has 0 radical (unpaired) electrons. The highest BCUT2D eigenvalue weighted by molar-refractivity contribution is 7.98. The van der Waals surface area contributed by atoms with Crippen molar-refractivity contribution in [2.24, 2.45) is 0 Å². The van der Waals surface area contributed by atoms with Gasteiger partial charge >= 0.3 is 12.1 Å². The minimum atomic E-state index is -0.897. The van der Waals surface area contributed by atoms with E-state index in [9.17, 15) is 19.7 Å². The van der Waals surface area contributed by atoms with Crippen LogP contribution in [0.25, 0.3) is 0 Å². The number of nitro benzene ring substituents is 1. The summed E-state index contributed by atoms with van der Waals surface area (Å²) in [6.07, 6.45) is 1.51. The van der Waals surface area contributed by atoms with E-state index in [0.717, 1.165) is 5.56 Å². The number of nitrogens with one attached hydrogen (secondary N) is 1. The normalized spacial score (nSPS) is 11.3. The minimum Gasteiger partial charge on any atom is -0.445 e. The molecule has 2 aromatic carbocycles. The van der Waals surface area contributed by atoms with Crippen molar-refractivity contribution in [1.29, 1.82) is 0 Å². The molecule has 0 saturated carbocycles. The highest BCUT2D eigenvalue weighted by Crippen LogP contribution is 2.18. The first-order valence-corrected chi connectivity index (χ1v) is 9.81. The van der Waals surface area contributed by atoms with Crippen LogP contribution < -0.4 is 10.1 Å². The van der Waals surface area contributed by atoms with Crippen LogP contribution in [0.2, 0.25) is 0 Å². The van der Waals surface area contributed by atoms with Crippen molar-refractivity contribution in [3.63, 3.8) is 0 Å². The van der Waals surface area contributed by atoms with Crippen LogP contribution in [0.5, 0.6) is 5.75 Å². The zero-order chi connectivity index (χ0) is 20.4. The Morgan fingerprint density at radius 3 is 2.43 bits per heavy atom. The van der Waals surface area contributed by atoms with Gasteiger partial charge in [0.15, 0.2) is 0 Å². The largest absolute Gasteiger partial charge is 0.445 e. The standard InChI is InChI=1S/C19H20N2O6S/c1-28-12-11-17(20-19(23)26-13-14-5-3-2-4-6-14)18(22)27-16-9-7-15(8-10-16)21(24)25/h2-10,17H,11-13H2,1H3,(H,20,23)/t17-/m0/s1. The molecule has 0 bridgehead atoms. The van der Waals surface area contributed by atoms with Crippen molar-refractivity contribution < 1.29 is 24.0 Å². The Kier molecular flexibility index (Phi) is 8.29. The number of rotatable bonds is 9. The van der Waals surface area contributed by atoms with E-state index in [1.807, 2.05) is 36.6 Å². The lowest BCUT2D eigenvalue weighted by molar-refractivity contribution is -0.384. The van der Waals surface area contributed by atoms with Crippen LogP contribution in [0.4, 0.5) is 10.5 Å². The third kappa shape index (κ3) is 6.92. The Morgan fingerprint density at radius 2 is 1.82 bits per heavy atom. The summed E-state index contributed by atoms with van der Waals surface area (Å²) in [5.41, 5.74) is 0.716. The van der Waals surface area contributed by atoms with E-state index in [4.69, 9.17) is 9.47 Å². The number of nitro groups is 1. The van der Waals surface area contributed by atoms with Gasteiger partial charge in [0.1, 0.15) is 18.4 Å². The summed E-state index contributed by atoms with van der Waals surface area (Å²) >= 11 is 1.52. The quantitative estimate of drug-likeness (QED) is 0.295. The smallest absolute Gasteiger partial charge is 0.408 e. The monoisotopic (exact) mass is 404 g/mol. The van der Waals surface area contributed by atoms with Crippen LogP contribution in [0.1, 0.15) is 12.0 Å². The number of esters is 1. The molecule has 2 aromatic rings. The number of hydrogen-bond acceptors (Lipinski definition) is 7. The van der Waals surface area contributed by atoms with Crippen molar-refractivity contribution in [1.82, 2.24) is 5.32 Å².